The van der Waals surface area contributed by atoms with Crippen LogP contribution >= 0.6 is 0 Å². The van der Waals surface area contributed by atoms with Crippen LogP contribution in [0.25, 0.3) is 0 Å². The van der Waals surface area contributed by atoms with Gasteiger partial charge in [-0.15, -0.1) is 0 Å². The molecule has 0 aromatic carbocycles. The Morgan fingerprint density at radius 2 is 2.41 bits per heavy atom. The minimum absolute atomic E-state index is 0.0343. The molecule has 1 atom stereocenters. The third-order valence-corrected chi connectivity index (χ3v) is 3.67. The lowest BCUT2D eigenvalue weighted by Gasteiger charge is -2.15. The topological polar surface area (TPSA) is 81.4 Å². The molecule has 0 spiro atoms. The number of likely N-dealkylation sites (tertiary alicyclic amines) is 1. The number of hydrogen-bond acceptors (Lipinski definition) is 6. The third-order valence-electron chi connectivity index (χ3n) is 3.67. The van der Waals surface area contributed by atoms with Crippen LogP contribution in [0, 0.1) is 0 Å². The quantitative estimate of drug-likeness (QED) is 0.796. The highest BCUT2D eigenvalue weighted by Crippen LogP contribution is 2.28. The molecule has 22 heavy (non-hydrogen) atoms. The molecule has 2 aromatic rings. The lowest BCUT2D eigenvalue weighted by atomic mass is 10.1. The first-order chi connectivity index (χ1) is 10.8. The largest absolute Gasteiger partial charge is 0.384 e. The van der Waals surface area contributed by atoms with Gasteiger partial charge in [-0.05, 0) is 11.6 Å². The zero-order valence-electron chi connectivity index (χ0n) is 12.4. The molecule has 7 nitrogen and oxygen atoms in total. The summed E-state index contributed by atoms with van der Waals surface area (Å²) in [4.78, 5) is 22.4. The van der Waals surface area contributed by atoms with E-state index in [-0.39, 0.29) is 11.8 Å². The summed E-state index contributed by atoms with van der Waals surface area (Å²) in [6.07, 6.45) is 4.51. The van der Waals surface area contributed by atoms with Crippen molar-refractivity contribution >= 4 is 5.91 Å². The zero-order valence-corrected chi connectivity index (χ0v) is 12.4. The van der Waals surface area contributed by atoms with Crippen LogP contribution in [-0.2, 0) is 22.5 Å². The molecule has 116 valence electrons. The molecule has 0 bridgehead atoms. The van der Waals surface area contributed by atoms with Crippen molar-refractivity contribution in [1.82, 2.24) is 20.0 Å². The average Bonchev–Trinajstić information content (AvgIpc) is 3.14. The van der Waals surface area contributed by atoms with E-state index in [2.05, 4.69) is 15.1 Å². The average molecular weight is 302 g/mol. The predicted molar refractivity (Wildman–Crippen MR) is 76.9 cm³/mol. The van der Waals surface area contributed by atoms with Gasteiger partial charge in [0.2, 0.25) is 11.8 Å². The van der Waals surface area contributed by atoms with Crippen molar-refractivity contribution in [2.75, 3.05) is 20.3 Å². The van der Waals surface area contributed by atoms with Crippen LogP contribution in [0.5, 0.6) is 0 Å². The molecule has 3 heterocycles. The van der Waals surface area contributed by atoms with Gasteiger partial charge in [-0.1, -0.05) is 11.2 Å². The van der Waals surface area contributed by atoms with Gasteiger partial charge in [0.25, 0.3) is 0 Å². The number of hydrogen-bond donors (Lipinski definition) is 0. The Balaban J connectivity index is 1.63. The highest BCUT2D eigenvalue weighted by molar-refractivity contribution is 5.79. The summed E-state index contributed by atoms with van der Waals surface area (Å²) in [7, 11) is 1.63. The number of nitrogens with zero attached hydrogens (tertiary/aromatic N) is 4. The highest BCUT2D eigenvalue weighted by atomic mass is 16.5. The van der Waals surface area contributed by atoms with Crippen LogP contribution < -0.4 is 0 Å². The van der Waals surface area contributed by atoms with Crippen molar-refractivity contribution in [3.63, 3.8) is 0 Å². The van der Waals surface area contributed by atoms with Gasteiger partial charge in [0, 0.05) is 45.4 Å². The van der Waals surface area contributed by atoms with Crippen LogP contribution in [0.3, 0.4) is 0 Å². The minimum Gasteiger partial charge on any atom is -0.384 e. The van der Waals surface area contributed by atoms with E-state index >= 15 is 0 Å². The van der Waals surface area contributed by atoms with E-state index in [9.17, 15) is 4.79 Å². The van der Waals surface area contributed by atoms with Gasteiger partial charge in [0.1, 0.15) is 0 Å². The molecule has 1 aliphatic heterocycles. The van der Waals surface area contributed by atoms with Crippen molar-refractivity contribution in [3.8, 4) is 0 Å². The summed E-state index contributed by atoms with van der Waals surface area (Å²) >= 11 is 0. The van der Waals surface area contributed by atoms with Gasteiger partial charge >= 0.3 is 0 Å². The standard InChI is InChI=1S/C15H18N4O3/c1-21-6-4-13-17-15(22-18-13)12-7-14(20)19(10-12)9-11-3-2-5-16-8-11/h2-3,5,8,12H,4,6-7,9-10H2,1H3/t12-/m0/s1. The van der Waals surface area contributed by atoms with Gasteiger partial charge in [0.05, 0.1) is 12.5 Å². The minimum atomic E-state index is -0.0343. The first-order valence-corrected chi connectivity index (χ1v) is 7.24. The Morgan fingerprint density at radius 3 is 3.18 bits per heavy atom. The summed E-state index contributed by atoms with van der Waals surface area (Å²) in [5.74, 6) is 1.22. The number of carbonyl (C=O) groups is 1. The predicted octanol–water partition coefficient (Wildman–Crippen LogP) is 1.17. The molecule has 0 radical (unpaired) electrons. The van der Waals surface area contributed by atoms with Crippen LogP contribution in [0.1, 0.15) is 29.6 Å². The maximum atomic E-state index is 12.1. The van der Waals surface area contributed by atoms with Crippen LogP contribution in [-0.4, -0.2) is 46.2 Å². The fourth-order valence-electron chi connectivity index (χ4n) is 2.53. The summed E-state index contributed by atoms with van der Waals surface area (Å²) in [6.45, 7) is 1.71. The maximum absolute atomic E-state index is 12.1. The van der Waals surface area contributed by atoms with Crippen molar-refractivity contribution < 1.29 is 14.1 Å². The summed E-state index contributed by atoms with van der Waals surface area (Å²) in [5, 5.41) is 3.93. The summed E-state index contributed by atoms with van der Waals surface area (Å²) in [5.41, 5.74) is 1.02. The fraction of sp³-hybridized carbons (Fsp3) is 0.467. The molecule has 0 unspecified atom stereocenters. The molecule has 1 fully saturated rings. The SMILES string of the molecule is COCCc1noc([C@H]2CC(=O)N(Cc3cccnc3)C2)n1. The van der Waals surface area contributed by atoms with Gasteiger partial charge in [-0.3, -0.25) is 9.78 Å². The smallest absolute Gasteiger partial charge is 0.232 e. The second-order valence-electron chi connectivity index (χ2n) is 5.33. The van der Waals surface area contributed by atoms with E-state index in [0.717, 1.165) is 5.56 Å². The monoisotopic (exact) mass is 302 g/mol. The van der Waals surface area contributed by atoms with Gasteiger partial charge in [0.15, 0.2) is 5.82 Å². The Hall–Kier alpha value is -2.28. The van der Waals surface area contributed by atoms with E-state index in [4.69, 9.17) is 9.26 Å². The second-order valence-corrected chi connectivity index (χ2v) is 5.33. The number of pyridine rings is 1. The van der Waals surface area contributed by atoms with Crippen LogP contribution in [0.15, 0.2) is 29.0 Å². The molecule has 0 saturated carbocycles. The zero-order chi connectivity index (χ0) is 15.4. The molecular weight excluding hydrogens is 284 g/mol. The first-order valence-electron chi connectivity index (χ1n) is 7.24. The number of rotatable bonds is 6. The molecule has 1 saturated heterocycles. The normalized spacial score (nSPS) is 18.1. The summed E-state index contributed by atoms with van der Waals surface area (Å²) < 4.78 is 10.3. The number of methoxy groups -OCH3 is 1. The Bertz CT molecular complexity index is 629. The van der Waals surface area contributed by atoms with Gasteiger partial charge < -0.3 is 14.2 Å². The van der Waals surface area contributed by atoms with Crippen LogP contribution in [0.2, 0.25) is 0 Å². The van der Waals surface area contributed by atoms with Crippen molar-refractivity contribution in [2.45, 2.75) is 25.3 Å². The molecule has 7 heteroatoms. The molecule has 1 aliphatic rings. The second kappa shape index (κ2) is 6.65. The number of amides is 1. The van der Waals surface area contributed by atoms with Crippen molar-refractivity contribution in [2.24, 2.45) is 0 Å². The van der Waals surface area contributed by atoms with E-state index < -0.39 is 0 Å². The van der Waals surface area contributed by atoms with Gasteiger partial charge in [-0.2, -0.15) is 4.98 Å². The molecule has 1 amide bonds. The van der Waals surface area contributed by atoms with E-state index in [1.54, 1.807) is 24.4 Å². The van der Waals surface area contributed by atoms with Crippen LogP contribution in [0.4, 0.5) is 0 Å². The Kier molecular flexibility index (Phi) is 4.43. The fourth-order valence-corrected chi connectivity index (χ4v) is 2.53. The van der Waals surface area contributed by atoms with E-state index in [1.165, 1.54) is 0 Å². The lowest BCUT2D eigenvalue weighted by Crippen LogP contribution is -2.24. The lowest BCUT2D eigenvalue weighted by molar-refractivity contribution is -0.128. The third kappa shape index (κ3) is 3.30. The number of aromatic nitrogens is 3. The van der Waals surface area contributed by atoms with Crippen molar-refractivity contribution in [3.05, 3.63) is 41.8 Å². The molecule has 0 N–H and O–H groups in total. The maximum Gasteiger partial charge on any atom is 0.232 e. The molecule has 3 rings (SSSR count). The van der Waals surface area contributed by atoms with E-state index in [0.29, 0.717) is 44.3 Å². The molecular formula is C15H18N4O3. The first kappa shape index (κ1) is 14.6. The Labute approximate surface area is 128 Å². The molecule has 2 aromatic heterocycles. The number of carbonyl (C=O) groups excluding carboxylic acids is 1. The van der Waals surface area contributed by atoms with E-state index in [1.807, 2.05) is 12.1 Å². The Morgan fingerprint density at radius 1 is 1.50 bits per heavy atom. The summed E-state index contributed by atoms with van der Waals surface area (Å²) in [6, 6.07) is 3.83. The van der Waals surface area contributed by atoms with Crippen molar-refractivity contribution in [1.29, 1.82) is 0 Å². The number of ether oxygens (including phenoxy) is 1. The van der Waals surface area contributed by atoms with Gasteiger partial charge in [-0.25, -0.2) is 0 Å². The highest BCUT2D eigenvalue weighted by Gasteiger charge is 2.34. The molecule has 0 aliphatic carbocycles.